The second-order valence-corrected chi connectivity index (χ2v) is 5.93. The Balaban J connectivity index is 1.83. The minimum absolute atomic E-state index is 0.0964. The molecule has 1 aromatic carbocycles. The van der Waals surface area contributed by atoms with Gasteiger partial charge in [0.05, 0.1) is 7.11 Å². The molecule has 1 N–H and O–H groups in total. The molecule has 0 spiro atoms. The SMILES string of the molecule is COc1cccc(CC2(CO)CC3CC3C2)c1F. The molecule has 2 unspecified atom stereocenters. The van der Waals surface area contributed by atoms with Crippen molar-refractivity contribution in [2.24, 2.45) is 17.3 Å². The van der Waals surface area contributed by atoms with Crippen LogP contribution in [0.1, 0.15) is 24.8 Å². The number of fused-ring (bicyclic) bond motifs is 1. The van der Waals surface area contributed by atoms with Crippen LogP contribution in [-0.2, 0) is 6.42 Å². The Hall–Kier alpha value is -1.09. The molecule has 0 saturated heterocycles. The first kappa shape index (κ1) is 12.0. The summed E-state index contributed by atoms with van der Waals surface area (Å²) in [6, 6.07) is 5.26. The van der Waals surface area contributed by atoms with Crippen molar-refractivity contribution in [3.63, 3.8) is 0 Å². The van der Waals surface area contributed by atoms with Crippen LogP contribution in [0.4, 0.5) is 4.39 Å². The molecule has 2 fully saturated rings. The third kappa shape index (κ3) is 1.91. The first-order valence-corrected chi connectivity index (χ1v) is 6.60. The topological polar surface area (TPSA) is 29.5 Å². The summed E-state index contributed by atoms with van der Waals surface area (Å²) in [5.41, 5.74) is 0.575. The molecule has 0 aliphatic heterocycles. The molecule has 2 saturated carbocycles. The third-order valence-electron chi connectivity index (χ3n) is 4.62. The summed E-state index contributed by atoms with van der Waals surface area (Å²) in [6.45, 7) is 0.163. The highest BCUT2D eigenvalue weighted by molar-refractivity contribution is 5.32. The fourth-order valence-corrected chi connectivity index (χ4v) is 3.59. The zero-order valence-electron chi connectivity index (χ0n) is 10.7. The number of aliphatic hydroxyl groups excluding tert-OH is 1. The van der Waals surface area contributed by atoms with Gasteiger partial charge < -0.3 is 9.84 Å². The highest BCUT2D eigenvalue weighted by atomic mass is 19.1. The van der Waals surface area contributed by atoms with Crippen molar-refractivity contribution in [2.45, 2.75) is 25.7 Å². The molecule has 3 heteroatoms. The van der Waals surface area contributed by atoms with Crippen LogP contribution in [0, 0.1) is 23.1 Å². The smallest absolute Gasteiger partial charge is 0.168 e. The van der Waals surface area contributed by atoms with E-state index in [0.29, 0.717) is 17.7 Å². The molecular formula is C15H19FO2. The van der Waals surface area contributed by atoms with Crippen molar-refractivity contribution < 1.29 is 14.2 Å². The van der Waals surface area contributed by atoms with Gasteiger partial charge in [0.2, 0.25) is 0 Å². The van der Waals surface area contributed by atoms with E-state index in [1.807, 2.05) is 6.07 Å². The Morgan fingerprint density at radius 2 is 2.11 bits per heavy atom. The van der Waals surface area contributed by atoms with E-state index in [2.05, 4.69) is 0 Å². The Labute approximate surface area is 107 Å². The molecule has 98 valence electrons. The van der Waals surface area contributed by atoms with E-state index < -0.39 is 0 Å². The van der Waals surface area contributed by atoms with Gasteiger partial charge in [-0.25, -0.2) is 4.39 Å². The minimum Gasteiger partial charge on any atom is -0.494 e. The van der Waals surface area contributed by atoms with Crippen LogP contribution in [0.3, 0.4) is 0 Å². The molecule has 18 heavy (non-hydrogen) atoms. The maximum atomic E-state index is 14.1. The Bertz CT molecular complexity index is 448. The van der Waals surface area contributed by atoms with Crippen molar-refractivity contribution >= 4 is 0 Å². The molecule has 0 radical (unpaired) electrons. The average molecular weight is 250 g/mol. The molecule has 2 nitrogen and oxygen atoms in total. The fourth-order valence-electron chi connectivity index (χ4n) is 3.59. The van der Waals surface area contributed by atoms with E-state index in [1.54, 1.807) is 12.1 Å². The lowest BCUT2D eigenvalue weighted by molar-refractivity contribution is 0.116. The summed E-state index contributed by atoms with van der Waals surface area (Å²) in [6.07, 6.45) is 4.03. The maximum absolute atomic E-state index is 14.1. The van der Waals surface area contributed by atoms with Crippen LogP contribution in [-0.4, -0.2) is 18.8 Å². The number of aliphatic hydroxyl groups is 1. The van der Waals surface area contributed by atoms with Crippen LogP contribution in [0.5, 0.6) is 5.75 Å². The minimum atomic E-state index is -0.270. The van der Waals surface area contributed by atoms with Crippen molar-refractivity contribution in [1.29, 1.82) is 0 Å². The molecule has 0 heterocycles. The number of halogens is 1. The summed E-state index contributed by atoms with van der Waals surface area (Å²) < 4.78 is 19.1. The molecule has 2 aliphatic rings. The summed E-state index contributed by atoms with van der Waals surface area (Å²) >= 11 is 0. The van der Waals surface area contributed by atoms with E-state index in [-0.39, 0.29) is 17.8 Å². The summed E-state index contributed by atoms with van der Waals surface area (Å²) in [7, 11) is 1.48. The summed E-state index contributed by atoms with van der Waals surface area (Å²) in [5.74, 6) is 1.59. The lowest BCUT2D eigenvalue weighted by Gasteiger charge is -2.29. The number of benzene rings is 1. The highest BCUT2D eigenvalue weighted by Gasteiger charge is 2.53. The summed E-state index contributed by atoms with van der Waals surface area (Å²) in [4.78, 5) is 0. The second-order valence-electron chi connectivity index (χ2n) is 5.93. The van der Waals surface area contributed by atoms with Crippen LogP contribution < -0.4 is 4.74 Å². The molecule has 0 aromatic heterocycles. The molecule has 2 aliphatic carbocycles. The second kappa shape index (κ2) is 4.23. The number of hydrogen-bond acceptors (Lipinski definition) is 2. The predicted molar refractivity (Wildman–Crippen MR) is 67.0 cm³/mol. The largest absolute Gasteiger partial charge is 0.494 e. The Morgan fingerprint density at radius 3 is 2.72 bits per heavy atom. The van der Waals surface area contributed by atoms with Crippen molar-refractivity contribution in [3.05, 3.63) is 29.6 Å². The fraction of sp³-hybridized carbons (Fsp3) is 0.600. The quantitative estimate of drug-likeness (QED) is 0.890. The number of rotatable bonds is 4. The average Bonchev–Trinajstić information content (AvgIpc) is 3.00. The van der Waals surface area contributed by atoms with Gasteiger partial charge in [0.25, 0.3) is 0 Å². The lowest BCUT2D eigenvalue weighted by atomic mass is 9.78. The predicted octanol–water partition coefficient (Wildman–Crippen LogP) is 2.79. The van der Waals surface area contributed by atoms with Crippen molar-refractivity contribution in [1.82, 2.24) is 0 Å². The Morgan fingerprint density at radius 1 is 1.39 bits per heavy atom. The number of methoxy groups -OCH3 is 1. The lowest BCUT2D eigenvalue weighted by Crippen LogP contribution is -2.27. The normalized spacial score (nSPS) is 33.3. The number of ether oxygens (including phenoxy) is 1. The molecule has 0 amide bonds. The van der Waals surface area contributed by atoms with Gasteiger partial charge in [0.15, 0.2) is 11.6 Å². The number of hydrogen-bond donors (Lipinski definition) is 1. The van der Waals surface area contributed by atoms with Crippen LogP contribution in [0.15, 0.2) is 18.2 Å². The van der Waals surface area contributed by atoms with Gasteiger partial charge in [-0.15, -0.1) is 0 Å². The van der Waals surface area contributed by atoms with Crippen LogP contribution >= 0.6 is 0 Å². The van der Waals surface area contributed by atoms with E-state index in [1.165, 1.54) is 13.5 Å². The third-order valence-corrected chi connectivity index (χ3v) is 4.62. The standard InChI is InChI=1S/C15H19FO2/c1-18-13-4-2-3-10(14(13)16)6-15(9-17)7-11-5-12(11)8-15/h2-4,11-12,17H,5-9H2,1H3. The van der Waals surface area contributed by atoms with E-state index in [9.17, 15) is 9.50 Å². The van der Waals surface area contributed by atoms with Gasteiger partial charge in [-0.1, -0.05) is 12.1 Å². The Kier molecular flexibility index (Phi) is 2.81. The zero-order chi connectivity index (χ0) is 12.8. The molecular weight excluding hydrogens is 231 g/mol. The summed E-state index contributed by atoms with van der Waals surface area (Å²) in [5, 5.41) is 9.68. The zero-order valence-corrected chi connectivity index (χ0v) is 10.7. The molecule has 3 rings (SSSR count). The van der Waals surface area contributed by atoms with Gasteiger partial charge in [-0.2, -0.15) is 0 Å². The van der Waals surface area contributed by atoms with Crippen molar-refractivity contribution in [3.8, 4) is 5.75 Å². The van der Waals surface area contributed by atoms with Crippen LogP contribution in [0.2, 0.25) is 0 Å². The van der Waals surface area contributed by atoms with Gasteiger partial charge in [0.1, 0.15) is 0 Å². The highest BCUT2D eigenvalue weighted by Crippen LogP contribution is 2.60. The van der Waals surface area contributed by atoms with Crippen LogP contribution in [0.25, 0.3) is 0 Å². The van der Waals surface area contributed by atoms with Gasteiger partial charge in [-0.05, 0) is 54.6 Å². The van der Waals surface area contributed by atoms with Gasteiger partial charge in [-0.3, -0.25) is 0 Å². The van der Waals surface area contributed by atoms with Crippen molar-refractivity contribution in [2.75, 3.05) is 13.7 Å². The van der Waals surface area contributed by atoms with E-state index in [4.69, 9.17) is 4.74 Å². The monoisotopic (exact) mass is 250 g/mol. The first-order valence-electron chi connectivity index (χ1n) is 6.60. The van der Waals surface area contributed by atoms with E-state index >= 15 is 0 Å². The molecule has 0 bridgehead atoms. The first-order chi connectivity index (χ1) is 8.67. The van der Waals surface area contributed by atoms with E-state index in [0.717, 1.165) is 24.7 Å². The molecule has 2 atom stereocenters. The maximum Gasteiger partial charge on any atom is 0.168 e. The van der Waals surface area contributed by atoms with Gasteiger partial charge >= 0.3 is 0 Å². The molecule has 1 aromatic rings. The van der Waals surface area contributed by atoms with Gasteiger partial charge in [0, 0.05) is 6.61 Å².